The molecule has 0 aliphatic rings. The van der Waals surface area contributed by atoms with Crippen molar-refractivity contribution in [2.45, 2.75) is 13.8 Å². The molecule has 21 heavy (non-hydrogen) atoms. The molecule has 0 saturated heterocycles. The van der Waals surface area contributed by atoms with Crippen LogP contribution < -0.4 is 5.32 Å². The third kappa shape index (κ3) is 4.41. The van der Waals surface area contributed by atoms with Crippen LogP contribution in [0.2, 0.25) is 5.02 Å². The maximum absolute atomic E-state index is 12.0. The molecule has 0 aliphatic heterocycles. The van der Waals surface area contributed by atoms with Crippen LogP contribution in [0.4, 0.5) is 0 Å². The summed E-state index contributed by atoms with van der Waals surface area (Å²) in [6, 6.07) is 9.07. The summed E-state index contributed by atoms with van der Waals surface area (Å²) in [5.74, 6) is 0.248. The van der Waals surface area contributed by atoms with Gasteiger partial charge in [-0.3, -0.25) is 4.79 Å². The van der Waals surface area contributed by atoms with Gasteiger partial charge in [0, 0.05) is 18.5 Å². The summed E-state index contributed by atoms with van der Waals surface area (Å²) < 4.78 is 5.41. The first-order valence-corrected chi connectivity index (χ1v) is 7.37. The summed E-state index contributed by atoms with van der Waals surface area (Å²) in [6.45, 7) is 5.80. The summed E-state index contributed by atoms with van der Waals surface area (Å²) >= 11 is 6.18. The van der Waals surface area contributed by atoms with Gasteiger partial charge in [-0.2, -0.15) is 0 Å². The van der Waals surface area contributed by atoms with Crippen molar-refractivity contribution in [1.82, 2.24) is 10.3 Å². The molecule has 0 atom stereocenters. The standard InChI is InChI=1S/C16H19ClN2O2/c1-11(2)10-21-8-7-18-16(20)15-9-13(17)12-5-3-4-6-14(12)19-15/h3-6,9,11H,7-8,10H2,1-2H3,(H,18,20). The predicted octanol–water partition coefficient (Wildman–Crippen LogP) is 3.29. The van der Waals surface area contributed by atoms with E-state index in [1.807, 2.05) is 24.3 Å². The number of amides is 1. The quantitative estimate of drug-likeness (QED) is 0.833. The Morgan fingerprint density at radius 3 is 2.90 bits per heavy atom. The van der Waals surface area contributed by atoms with Crippen molar-refractivity contribution in [1.29, 1.82) is 0 Å². The summed E-state index contributed by atoms with van der Waals surface area (Å²) in [6.07, 6.45) is 0. The van der Waals surface area contributed by atoms with E-state index in [-0.39, 0.29) is 5.91 Å². The van der Waals surface area contributed by atoms with Gasteiger partial charge in [0.1, 0.15) is 5.69 Å². The van der Waals surface area contributed by atoms with Crippen LogP contribution in [0.1, 0.15) is 24.3 Å². The lowest BCUT2D eigenvalue weighted by Crippen LogP contribution is -2.28. The van der Waals surface area contributed by atoms with Crippen LogP contribution in [-0.4, -0.2) is 30.6 Å². The third-order valence-electron chi connectivity index (χ3n) is 2.88. The molecular weight excluding hydrogens is 288 g/mol. The van der Waals surface area contributed by atoms with Crippen molar-refractivity contribution in [3.8, 4) is 0 Å². The minimum Gasteiger partial charge on any atom is -0.379 e. The molecular formula is C16H19ClN2O2. The number of benzene rings is 1. The highest BCUT2D eigenvalue weighted by Gasteiger charge is 2.10. The van der Waals surface area contributed by atoms with E-state index < -0.39 is 0 Å². The lowest BCUT2D eigenvalue weighted by molar-refractivity contribution is 0.0882. The molecule has 0 spiro atoms. The minimum atomic E-state index is -0.240. The van der Waals surface area contributed by atoms with E-state index in [0.717, 1.165) is 5.39 Å². The minimum absolute atomic E-state index is 0.240. The average Bonchev–Trinajstić information content (AvgIpc) is 2.46. The monoisotopic (exact) mass is 306 g/mol. The molecule has 0 aliphatic carbocycles. The lowest BCUT2D eigenvalue weighted by atomic mass is 10.2. The van der Waals surface area contributed by atoms with Crippen molar-refractivity contribution in [3.63, 3.8) is 0 Å². The first-order chi connectivity index (χ1) is 10.1. The number of hydrogen-bond donors (Lipinski definition) is 1. The Kier molecular flexibility index (Phi) is 5.53. The van der Waals surface area contributed by atoms with Gasteiger partial charge in [0.05, 0.1) is 17.1 Å². The largest absolute Gasteiger partial charge is 0.379 e. The van der Waals surface area contributed by atoms with E-state index in [1.165, 1.54) is 0 Å². The van der Waals surface area contributed by atoms with Crippen molar-refractivity contribution in [2.75, 3.05) is 19.8 Å². The number of rotatable bonds is 6. The fraction of sp³-hybridized carbons (Fsp3) is 0.375. The molecule has 1 heterocycles. The molecule has 0 saturated carbocycles. The average molecular weight is 307 g/mol. The molecule has 0 bridgehead atoms. The number of carbonyl (C=O) groups excluding carboxylic acids is 1. The van der Waals surface area contributed by atoms with Crippen LogP contribution in [-0.2, 0) is 4.74 Å². The zero-order valence-electron chi connectivity index (χ0n) is 12.2. The van der Waals surface area contributed by atoms with E-state index in [4.69, 9.17) is 16.3 Å². The van der Waals surface area contributed by atoms with Crippen LogP contribution in [0.25, 0.3) is 10.9 Å². The molecule has 1 aromatic heterocycles. The van der Waals surface area contributed by atoms with E-state index in [0.29, 0.717) is 41.9 Å². The molecule has 2 rings (SSSR count). The normalized spacial score (nSPS) is 11.0. The van der Waals surface area contributed by atoms with E-state index in [1.54, 1.807) is 6.07 Å². The van der Waals surface area contributed by atoms with Crippen LogP contribution in [0.5, 0.6) is 0 Å². The van der Waals surface area contributed by atoms with E-state index in [9.17, 15) is 4.79 Å². The molecule has 2 aromatic rings. The highest BCUT2D eigenvalue weighted by molar-refractivity contribution is 6.35. The first kappa shape index (κ1) is 15.7. The Labute approximate surface area is 129 Å². The SMILES string of the molecule is CC(C)COCCNC(=O)c1cc(Cl)c2ccccc2n1. The number of ether oxygens (including phenoxy) is 1. The summed E-state index contributed by atoms with van der Waals surface area (Å²) in [5, 5.41) is 4.15. The molecule has 4 nitrogen and oxygen atoms in total. The molecule has 112 valence electrons. The molecule has 1 N–H and O–H groups in total. The molecule has 1 aromatic carbocycles. The first-order valence-electron chi connectivity index (χ1n) is 6.99. The summed E-state index contributed by atoms with van der Waals surface area (Å²) in [4.78, 5) is 16.4. The van der Waals surface area contributed by atoms with Crippen molar-refractivity contribution in [2.24, 2.45) is 5.92 Å². The number of para-hydroxylation sites is 1. The van der Waals surface area contributed by atoms with Crippen molar-refractivity contribution < 1.29 is 9.53 Å². The van der Waals surface area contributed by atoms with Gasteiger partial charge in [-0.25, -0.2) is 4.98 Å². The van der Waals surface area contributed by atoms with Crippen molar-refractivity contribution in [3.05, 3.63) is 41.0 Å². The van der Waals surface area contributed by atoms with Gasteiger partial charge in [0.15, 0.2) is 0 Å². The maximum atomic E-state index is 12.0. The van der Waals surface area contributed by atoms with Gasteiger partial charge in [-0.05, 0) is 18.1 Å². The molecule has 5 heteroatoms. The van der Waals surface area contributed by atoms with Gasteiger partial charge >= 0.3 is 0 Å². The van der Waals surface area contributed by atoms with Gasteiger partial charge in [0.25, 0.3) is 5.91 Å². The van der Waals surface area contributed by atoms with Crippen LogP contribution in [0.15, 0.2) is 30.3 Å². The predicted molar refractivity (Wildman–Crippen MR) is 84.7 cm³/mol. The Bertz CT molecular complexity index is 629. The number of hydrogen-bond acceptors (Lipinski definition) is 3. The number of carbonyl (C=O) groups is 1. The van der Waals surface area contributed by atoms with E-state index in [2.05, 4.69) is 24.1 Å². The highest BCUT2D eigenvalue weighted by Crippen LogP contribution is 2.22. The Morgan fingerprint density at radius 2 is 2.14 bits per heavy atom. The number of nitrogens with zero attached hydrogens (tertiary/aromatic N) is 1. The molecule has 0 unspecified atom stereocenters. The smallest absolute Gasteiger partial charge is 0.270 e. The van der Waals surface area contributed by atoms with Crippen molar-refractivity contribution >= 4 is 28.4 Å². The second kappa shape index (κ2) is 7.38. The number of aromatic nitrogens is 1. The highest BCUT2D eigenvalue weighted by atomic mass is 35.5. The topological polar surface area (TPSA) is 51.2 Å². The third-order valence-corrected chi connectivity index (χ3v) is 3.19. The van der Waals surface area contributed by atoms with Crippen LogP contribution in [0, 0.1) is 5.92 Å². The van der Waals surface area contributed by atoms with Crippen LogP contribution >= 0.6 is 11.6 Å². The second-order valence-electron chi connectivity index (χ2n) is 5.23. The number of fused-ring (bicyclic) bond motifs is 1. The fourth-order valence-corrected chi connectivity index (χ4v) is 2.16. The van der Waals surface area contributed by atoms with Gasteiger partial charge in [-0.15, -0.1) is 0 Å². The zero-order valence-corrected chi connectivity index (χ0v) is 13.0. The zero-order chi connectivity index (χ0) is 15.2. The number of halogens is 1. The van der Waals surface area contributed by atoms with Gasteiger partial charge in [-0.1, -0.05) is 43.6 Å². The van der Waals surface area contributed by atoms with Gasteiger partial charge in [0.2, 0.25) is 0 Å². The Hall–Kier alpha value is -1.65. The Balaban J connectivity index is 1.96. The van der Waals surface area contributed by atoms with E-state index >= 15 is 0 Å². The lowest BCUT2D eigenvalue weighted by Gasteiger charge is -2.08. The Morgan fingerprint density at radius 1 is 1.38 bits per heavy atom. The number of nitrogens with one attached hydrogen (secondary N) is 1. The second-order valence-corrected chi connectivity index (χ2v) is 5.64. The molecule has 0 radical (unpaired) electrons. The maximum Gasteiger partial charge on any atom is 0.270 e. The number of pyridine rings is 1. The fourth-order valence-electron chi connectivity index (χ4n) is 1.90. The van der Waals surface area contributed by atoms with Gasteiger partial charge < -0.3 is 10.1 Å². The summed E-state index contributed by atoms with van der Waals surface area (Å²) in [7, 11) is 0. The molecule has 1 amide bonds. The van der Waals surface area contributed by atoms with Crippen LogP contribution in [0.3, 0.4) is 0 Å². The molecule has 0 fully saturated rings. The summed E-state index contributed by atoms with van der Waals surface area (Å²) in [5.41, 5.74) is 1.04.